The predicted octanol–water partition coefficient (Wildman–Crippen LogP) is 4.02. The number of nitrogens with one attached hydrogen (secondary N) is 2. The third kappa shape index (κ3) is 6.85. The molecule has 1 atom stereocenters. The van der Waals surface area contributed by atoms with Gasteiger partial charge in [-0.1, -0.05) is 43.6 Å². The summed E-state index contributed by atoms with van der Waals surface area (Å²) in [5.74, 6) is 2.05. The molecule has 1 aromatic carbocycles. The molecule has 0 aliphatic carbocycles. The van der Waals surface area contributed by atoms with Crippen molar-refractivity contribution in [1.29, 1.82) is 0 Å². The predicted molar refractivity (Wildman–Crippen MR) is 133 cm³/mol. The van der Waals surface area contributed by atoms with Gasteiger partial charge in [0.05, 0.1) is 0 Å². The third-order valence-electron chi connectivity index (χ3n) is 4.99. The Labute approximate surface area is 197 Å². The van der Waals surface area contributed by atoms with E-state index in [2.05, 4.69) is 89.6 Å². The highest BCUT2D eigenvalue weighted by Gasteiger charge is 2.23. The van der Waals surface area contributed by atoms with Crippen molar-refractivity contribution >= 4 is 35.6 Å². The fourth-order valence-electron chi connectivity index (χ4n) is 3.37. The second kappa shape index (κ2) is 11.0. The maximum atomic E-state index is 5.36. The smallest absolute Gasteiger partial charge is 0.232 e. The van der Waals surface area contributed by atoms with Crippen LogP contribution in [0.4, 0.5) is 5.69 Å². The van der Waals surface area contributed by atoms with E-state index in [0.717, 1.165) is 38.4 Å². The zero-order chi connectivity index (χ0) is 20.9. The quantitative estimate of drug-likeness (QED) is 0.348. The molecule has 1 aliphatic rings. The van der Waals surface area contributed by atoms with Crippen molar-refractivity contribution in [2.45, 2.75) is 65.5 Å². The molecule has 1 fully saturated rings. The number of aryl methyl sites for hydroxylation is 1. The monoisotopic (exact) mass is 526 g/mol. The van der Waals surface area contributed by atoms with Gasteiger partial charge in [0.15, 0.2) is 11.8 Å². The Bertz CT molecular complexity index is 812. The molecule has 2 N–H and O–H groups in total. The molecule has 0 saturated carbocycles. The van der Waals surface area contributed by atoms with Crippen LogP contribution >= 0.6 is 24.0 Å². The number of aliphatic imine (C=N–C) groups is 1. The largest absolute Gasteiger partial charge is 0.369 e. The van der Waals surface area contributed by atoms with Crippen LogP contribution in [0.1, 0.15) is 57.8 Å². The van der Waals surface area contributed by atoms with Crippen LogP contribution in [0.5, 0.6) is 0 Å². The molecule has 0 amide bonds. The van der Waals surface area contributed by atoms with E-state index in [9.17, 15) is 0 Å². The number of rotatable bonds is 5. The molecule has 8 heteroatoms. The van der Waals surface area contributed by atoms with Gasteiger partial charge in [0, 0.05) is 36.8 Å². The molecule has 166 valence electrons. The topological polar surface area (TPSA) is 78.6 Å². The molecule has 30 heavy (non-hydrogen) atoms. The number of hydrogen-bond donors (Lipinski definition) is 2. The molecule has 2 heterocycles. The molecule has 0 bridgehead atoms. The standard InChI is InChI=1S/C22H34N6O.HI/c1-6-23-21(24-14-19-26-20(29-27-19)22(3,4)5)25-17-8-7-13-28(15-17)18-11-9-16(2)10-12-18;/h9-12,17H,6-8,13-15H2,1-5H3,(H2,23,24,25);1H. The maximum Gasteiger partial charge on any atom is 0.232 e. The van der Waals surface area contributed by atoms with Gasteiger partial charge in [-0.25, -0.2) is 4.99 Å². The fourth-order valence-corrected chi connectivity index (χ4v) is 3.37. The zero-order valence-electron chi connectivity index (χ0n) is 18.7. The van der Waals surface area contributed by atoms with Gasteiger partial charge in [-0.3, -0.25) is 0 Å². The van der Waals surface area contributed by atoms with Gasteiger partial charge in [-0.05, 0) is 38.8 Å². The van der Waals surface area contributed by atoms with Crippen molar-refractivity contribution in [2.24, 2.45) is 4.99 Å². The minimum absolute atomic E-state index is 0. The van der Waals surface area contributed by atoms with Gasteiger partial charge in [-0.2, -0.15) is 4.98 Å². The third-order valence-corrected chi connectivity index (χ3v) is 4.99. The molecule has 0 radical (unpaired) electrons. The van der Waals surface area contributed by atoms with Crippen LogP contribution in [0, 0.1) is 6.92 Å². The number of benzene rings is 1. The van der Waals surface area contributed by atoms with E-state index >= 15 is 0 Å². The SMILES string of the molecule is CCNC(=NCc1noc(C(C)(C)C)n1)NC1CCCN(c2ccc(C)cc2)C1.I. The van der Waals surface area contributed by atoms with Crippen LogP contribution in [-0.2, 0) is 12.0 Å². The summed E-state index contributed by atoms with van der Waals surface area (Å²) < 4.78 is 5.36. The summed E-state index contributed by atoms with van der Waals surface area (Å²) in [5, 5.41) is 11.0. The molecular formula is C22H35IN6O. The van der Waals surface area contributed by atoms with Crippen molar-refractivity contribution < 1.29 is 4.52 Å². The molecule has 7 nitrogen and oxygen atoms in total. The van der Waals surface area contributed by atoms with E-state index < -0.39 is 0 Å². The molecular weight excluding hydrogens is 491 g/mol. The Morgan fingerprint density at radius 3 is 2.63 bits per heavy atom. The first-order chi connectivity index (χ1) is 13.8. The molecule has 1 aliphatic heterocycles. The van der Waals surface area contributed by atoms with Crippen LogP contribution in [0.25, 0.3) is 0 Å². The summed E-state index contributed by atoms with van der Waals surface area (Å²) in [6, 6.07) is 9.11. The second-order valence-corrected chi connectivity index (χ2v) is 8.73. The van der Waals surface area contributed by atoms with Gasteiger partial charge >= 0.3 is 0 Å². The fraction of sp³-hybridized carbons (Fsp3) is 0.591. The van der Waals surface area contributed by atoms with E-state index in [1.54, 1.807) is 0 Å². The second-order valence-electron chi connectivity index (χ2n) is 8.73. The lowest BCUT2D eigenvalue weighted by atomic mass is 9.97. The number of hydrogen-bond acceptors (Lipinski definition) is 5. The highest BCUT2D eigenvalue weighted by Crippen LogP contribution is 2.21. The minimum atomic E-state index is -0.154. The first kappa shape index (κ1) is 24.4. The Hall–Kier alpha value is -1.84. The number of nitrogens with zero attached hydrogens (tertiary/aromatic N) is 4. The molecule has 2 aromatic rings. The highest BCUT2D eigenvalue weighted by atomic mass is 127. The first-order valence-electron chi connectivity index (χ1n) is 10.5. The lowest BCUT2D eigenvalue weighted by Crippen LogP contribution is -2.51. The van der Waals surface area contributed by atoms with Crippen LogP contribution in [0.15, 0.2) is 33.8 Å². The van der Waals surface area contributed by atoms with Crippen LogP contribution < -0.4 is 15.5 Å². The summed E-state index contributed by atoms with van der Waals surface area (Å²) in [6.07, 6.45) is 2.29. The Balaban J connectivity index is 0.00000320. The van der Waals surface area contributed by atoms with Crippen LogP contribution in [-0.4, -0.2) is 41.8 Å². The minimum Gasteiger partial charge on any atom is -0.369 e. The van der Waals surface area contributed by atoms with Gasteiger partial charge in [0.25, 0.3) is 0 Å². The van der Waals surface area contributed by atoms with E-state index in [4.69, 9.17) is 4.52 Å². The van der Waals surface area contributed by atoms with Gasteiger partial charge in [0.2, 0.25) is 5.89 Å². The average Bonchev–Trinajstić information content (AvgIpc) is 3.17. The molecule has 1 aromatic heterocycles. The number of guanidine groups is 1. The first-order valence-corrected chi connectivity index (χ1v) is 10.5. The number of aromatic nitrogens is 2. The maximum absolute atomic E-state index is 5.36. The highest BCUT2D eigenvalue weighted by molar-refractivity contribution is 14.0. The van der Waals surface area contributed by atoms with E-state index in [1.165, 1.54) is 11.3 Å². The normalized spacial score (nSPS) is 17.4. The summed E-state index contributed by atoms with van der Waals surface area (Å²) in [6.45, 7) is 13.6. The number of piperidine rings is 1. The van der Waals surface area contributed by atoms with Gasteiger partial charge in [0.1, 0.15) is 6.54 Å². The van der Waals surface area contributed by atoms with Crippen LogP contribution in [0.2, 0.25) is 0 Å². The van der Waals surface area contributed by atoms with E-state index in [0.29, 0.717) is 24.3 Å². The van der Waals surface area contributed by atoms with Crippen molar-refractivity contribution in [1.82, 2.24) is 20.8 Å². The zero-order valence-corrected chi connectivity index (χ0v) is 21.1. The van der Waals surface area contributed by atoms with Crippen molar-refractivity contribution in [3.8, 4) is 0 Å². The molecule has 0 spiro atoms. The lowest BCUT2D eigenvalue weighted by Gasteiger charge is -2.35. The lowest BCUT2D eigenvalue weighted by molar-refractivity contribution is 0.318. The Kier molecular flexibility index (Phi) is 8.93. The summed E-state index contributed by atoms with van der Waals surface area (Å²) in [7, 11) is 0. The van der Waals surface area contributed by atoms with E-state index in [1.807, 2.05) is 0 Å². The molecule has 1 saturated heterocycles. The summed E-state index contributed by atoms with van der Waals surface area (Å²) >= 11 is 0. The van der Waals surface area contributed by atoms with Gasteiger partial charge in [-0.15, -0.1) is 24.0 Å². The van der Waals surface area contributed by atoms with Crippen molar-refractivity contribution in [3.05, 3.63) is 41.5 Å². The van der Waals surface area contributed by atoms with E-state index in [-0.39, 0.29) is 29.4 Å². The van der Waals surface area contributed by atoms with Crippen molar-refractivity contribution in [2.75, 3.05) is 24.5 Å². The molecule has 1 unspecified atom stereocenters. The summed E-state index contributed by atoms with van der Waals surface area (Å²) in [4.78, 5) is 11.6. The number of anilines is 1. The average molecular weight is 526 g/mol. The Morgan fingerprint density at radius 2 is 2.00 bits per heavy atom. The molecule has 3 rings (SSSR count). The number of halogens is 1. The summed E-state index contributed by atoms with van der Waals surface area (Å²) in [5.41, 5.74) is 2.42. The van der Waals surface area contributed by atoms with Crippen LogP contribution in [0.3, 0.4) is 0 Å². The Morgan fingerprint density at radius 1 is 1.27 bits per heavy atom. The van der Waals surface area contributed by atoms with Crippen molar-refractivity contribution in [3.63, 3.8) is 0 Å². The van der Waals surface area contributed by atoms with Gasteiger partial charge < -0.3 is 20.1 Å².